The Balaban J connectivity index is 1.89. The third-order valence-electron chi connectivity index (χ3n) is 3.59. The Kier molecular flexibility index (Phi) is 2.53. The van der Waals surface area contributed by atoms with Crippen molar-refractivity contribution in [2.75, 3.05) is 0 Å². The molecule has 0 atom stereocenters. The molecular weight excluding hydrogens is 244 g/mol. The Morgan fingerprint density at radius 3 is 2.47 bits per heavy atom. The normalized spacial score (nSPS) is 18.3. The maximum atomic E-state index is 6.16. The zero-order valence-electron chi connectivity index (χ0n) is 11.4. The molecule has 0 bridgehead atoms. The van der Waals surface area contributed by atoms with E-state index in [4.69, 9.17) is 14.8 Å². The number of hydrogen-bond acceptors (Lipinski definition) is 6. The van der Waals surface area contributed by atoms with Crippen LogP contribution in [-0.4, -0.2) is 15.3 Å². The number of hydrogen-bond donors (Lipinski definition) is 1. The molecule has 102 valence electrons. The van der Waals surface area contributed by atoms with Crippen LogP contribution < -0.4 is 5.73 Å². The van der Waals surface area contributed by atoms with Crippen molar-refractivity contribution in [3.05, 3.63) is 17.7 Å². The standard InChI is InChI=1S/C13H18N4O2/c1-12(2,3)9-7-8(16-18-9)10-15-11(17-19-10)13(14)5-4-6-13/h7H,4-6,14H2,1-3H3. The van der Waals surface area contributed by atoms with Crippen LogP contribution in [0.1, 0.15) is 51.6 Å². The molecule has 1 aliphatic carbocycles. The molecule has 1 aliphatic rings. The van der Waals surface area contributed by atoms with Crippen molar-refractivity contribution < 1.29 is 9.05 Å². The fourth-order valence-electron chi connectivity index (χ4n) is 2.04. The predicted molar refractivity (Wildman–Crippen MR) is 68.2 cm³/mol. The average Bonchev–Trinajstić information content (AvgIpc) is 2.93. The summed E-state index contributed by atoms with van der Waals surface area (Å²) in [7, 11) is 0. The molecule has 6 nitrogen and oxygen atoms in total. The molecule has 0 unspecified atom stereocenters. The van der Waals surface area contributed by atoms with Gasteiger partial charge in [0.2, 0.25) is 0 Å². The van der Waals surface area contributed by atoms with E-state index in [9.17, 15) is 0 Å². The van der Waals surface area contributed by atoms with Crippen molar-refractivity contribution in [1.29, 1.82) is 0 Å². The molecule has 1 fully saturated rings. The molecule has 0 spiro atoms. The third kappa shape index (κ3) is 2.06. The molecule has 6 heteroatoms. The van der Waals surface area contributed by atoms with Crippen LogP contribution in [0.4, 0.5) is 0 Å². The van der Waals surface area contributed by atoms with Crippen molar-refractivity contribution in [3.8, 4) is 11.6 Å². The smallest absolute Gasteiger partial charge is 0.280 e. The molecule has 1 saturated carbocycles. The summed E-state index contributed by atoms with van der Waals surface area (Å²) in [4.78, 5) is 4.34. The van der Waals surface area contributed by atoms with Crippen molar-refractivity contribution in [3.63, 3.8) is 0 Å². The van der Waals surface area contributed by atoms with E-state index in [0.717, 1.165) is 25.0 Å². The molecule has 0 amide bonds. The highest BCUT2D eigenvalue weighted by atomic mass is 16.5. The summed E-state index contributed by atoms with van der Waals surface area (Å²) in [6, 6.07) is 1.83. The van der Waals surface area contributed by atoms with Gasteiger partial charge in [0.1, 0.15) is 5.76 Å². The van der Waals surface area contributed by atoms with E-state index in [1.54, 1.807) is 0 Å². The Morgan fingerprint density at radius 1 is 1.21 bits per heavy atom. The predicted octanol–water partition coefficient (Wildman–Crippen LogP) is 2.36. The van der Waals surface area contributed by atoms with Crippen LogP contribution in [0.5, 0.6) is 0 Å². The summed E-state index contributed by atoms with van der Waals surface area (Å²) >= 11 is 0. The van der Waals surface area contributed by atoms with Crippen molar-refractivity contribution >= 4 is 0 Å². The first-order chi connectivity index (χ1) is 8.88. The van der Waals surface area contributed by atoms with Crippen LogP contribution in [0.25, 0.3) is 11.6 Å². The summed E-state index contributed by atoms with van der Waals surface area (Å²) in [5.74, 6) is 1.72. The van der Waals surface area contributed by atoms with Gasteiger partial charge < -0.3 is 14.8 Å². The molecule has 2 aromatic heterocycles. The van der Waals surface area contributed by atoms with Crippen LogP contribution in [0.2, 0.25) is 0 Å². The Labute approximate surface area is 111 Å². The quantitative estimate of drug-likeness (QED) is 0.893. The fraction of sp³-hybridized carbons (Fsp3) is 0.615. The summed E-state index contributed by atoms with van der Waals surface area (Å²) < 4.78 is 10.5. The molecule has 0 aliphatic heterocycles. The second-order valence-corrected chi connectivity index (χ2v) is 6.26. The zero-order chi connectivity index (χ0) is 13.7. The Bertz CT molecular complexity index is 590. The van der Waals surface area contributed by atoms with Crippen LogP contribution in [0.15, 0.2) is 15.1 Å². The van der Waals surface area contributed by atoms with Crippen LogP contribution in [-0.2, 0) is 11.0 Å². The lowest BCUT2D eigenvalue weighted by Crippen LogP contribution is -2.44. The van der Waals surface area contributed by atoms with Crippen LogP contribution in [0, 0.1) is 0 Å². The largest absolute Gasteiger partial charge is 0.360 e. The van der Waals surface area contributed by atoms with Crippen molar-refractivity contribution in [1.82, 2.24) is 15.3 Å². The molecule has 2 heterocycles. The van der Waals surface area contributed by atoms with E-state index in [1.807, 2.05) is 6.07 Å². The van der Waals surface area contributed by atoms with E-state index < -0.39 is 5.54 Å². The third-order valence-corrected chi connectivity index (χ3v) is 3.59. The lowest BCUT2D eigenvalue weighted by molar-refractivity contribution is 0.229. The van der Waals surface area contributed by atoms with E-state index in [2.05, 4.69) is 36.1 Å². The number of nitrogens with zero attached hydrogens (tertiary/aromatic N) is 3. The maximum Gasteiger partial charge on any atom is 0.280 e. The lowest BCUT2D eigenvalue weighted by atomic mass is 9.77. The lowest BCUT2D eigenvalue weighted by Gasteiger charge is -2.34. The Morgan fingerprint density at radius 2 is 1.95 bits per heavy atom. The first kappa shape index (κ1) is 12.3. The number of aromatic nitrogens is 3. The van der Waals surface area contributed by atoms with E-state index >= 15 is 0 Å². The molecule has 3 rings (SSSR count). The molecule has 2 N–H and O–H groups in total. The highest BCUT2D eigenvalue weighted by molar-refractivity contribution is 5.46. The summed E-state index contributed by atoms with van der Waals surface area (Å²) in [5.41, 5.74) is 6.20. The average molecular weight is 262 g/mol. The van der Waals surface area contributed by atoms with Gasteiger partial charge in [-0.05, 0) is 19.3 Å². The van der Waals surface area contributed by atoms with E-state index in [0.29, 0.717) is 17.4 Å². The van der Waals surface area contributed by atoms with E-state index in [1.165, 1.54) is 0 Å². The van der Waals surface area contributed by atoms with Gasteiger partial charge in [-0.3, -0.25) is 0 Å². The van der Waals surface area contributed by atoms with Crippen molar-refractivity contribution in [2.24, 2.45) is 5.73 Å². The molecule has 0 saturated heterocycles. The zero-order valence-corrected chi connectivity index (χ0v) is 11.4. The molecule has 2 aromatic rings. The van der Waals surface area contributed by atoms with Gasteiger partial charge in [0, 0.05) is 11.5 Å². The van der Waals surface area contributed by atoms with Crippen LogP contribution in [0.3, 0.4) is 0 Å². The minimum Gasteiger partial charge on any atom is -0.360 e. The van der Waals surface area contributed by atoms with Gasteiger partial charge in [-0.1, -0.05) is 31.1 Å². The number of nitrogens with two attached hydrogens (primary N) is 1. The maximum absolute atomic E-state index is 6.16. The summed E-state index contributed by atoms with van der Waals surface area (Å²) in [5, 5.41) is 7.95. The van der Waals surface area contributed by atoms with Gasteiger partial charge in [0.25, 0.3) is 5.89 Å². The first-order valence-electron chi connectivity index (χ1n) is 6.49. The van der Waals surface area contributed by atoms with Crippen LogP contribution >= 0.6 is 0 Å². The minimum atomic E-state index is -0.418. The topological polar surface area (TPSA) is 91.0 Å². The SMILES string of the molecule is CC(C)(C)c1cc(-c2nc(C3(N)CCC3)no2)no1. The first-order valence-corrected chi connectivity index (χ1v) is 6.49. The fourth-order valence-corrected chi connectivity index (χ4v) is 2.04. The highest BCUT2D eigenvalue weighted by Gasteiger charge is 2.39. The molecule has 19 heavy (non-hydrogen) atoms. The minimum absolute atomic E-state index is 0.100. The van der Waals surface area contributed by atoms with E-state index in [-0.39, 0.29) is 5.41 Å². The Hall–Kier alpha value is -1.69. The number of rotatable bonds is 2. The summed E-state index contributed by atoms with van der Waals surface area (Å²) in [6.07, 6.45) is 2.91. The second kappa shape index (κ2) is 3.90. The molecular formula is C13H18N4O2. The molecule has 0 aromatic carbocycles. The van der Waals surface area contributed by atoms with Crippen molar-refractivity contribution in [2.45, 2.75) is 51.0 Å². The van der Waals surface area contributed by atoms with Gasteiger partial charge in [0.15, 0.2) is 11.5 Å². The monoisotopic (exact) mass is 262 g/mol. The summed E-state index contributed by atoms with van der Waals surface area (Å²) in [6.45, 7) is 6.17. The van der Waals surface area contributed by atoms with Gasteiger partial charge in [0.05, 0.1) is 5.54 Å². The van der Waals surface area contributed by atoms with Gasteiger partial charge in [-0.15, -0.1) is 0 Å². The van der Waals surface area contributed by atoms with Gasteiger partial charge in [-0.2, -0.15) is 4.98 Å². The second-order valence-electron chi connectivity index (χ2n) is 6.26. The highest BCUT2D eigenvalue weighted by Crippen LogP contribution is 2.37. The van der Waals surface area contributed by atoms with Gasteiger partial charge in [-0.25, -0.2) is 0 Å². The molecule has 0 radical (unpaired) electrons. The van der Waals surface area contributed by atoms with Gasteiger partial charge >= 0.3 is 0 Å².